The van der Waals surface area contributed by atoms with Crippen LogP contribution in [0.25, 0.3) is 0 Å². The fourth-order valence-corrected chi connectivity index (χ4v) is 3.18. The normalized spacial score (nSPS) is 15.6. The Morgan fingerprint density at radius 2 is 1.80 bits per heavy atom. The van der Waals surface area contributed by atoms with E-state index in [9.17, 15) is 9.59 Å². The van der Waals surface area contributed by atoms with Crippen molar-refractivity contribution in [1.29, 1.82) is 0 Å². The molecule has 2 amide bonds. The van der Waals surface area contributed by atoms with E-state index in [2.05, 4.69) is 29.3 Å². The van der Waals surface area contributed by atoms with Crippen molar-refractivity contribution in [3.63, 3.8) is 0 Å². The van der Waals surface area contributed by atoms with Crippen molar-refractivity contribution in [1.82, 2.24) is 4.90 Å². The van der Waals surface area contributed by atoms with Gasteiger partial charge < -0.3 is 15.1 Å². The van der Waals surface area contributed by atoms with Gasteiger partial charge in [0, 0.05) is 37.1 Å². The molecule has 1 N–H and O–H groups in total. The molecule has 0 aliphatic carbocycles. The molecule has 5 heteroatoms. The lowest BCUT2D eigenvalue weighted by atomic mass is 10.1. The Labute approximate surface area is 148 Å². The molecule has 1 aliphatic heterocycles. The lowest BCUT2D eigenvalue weighted by molar-refractivity contribution is -0.115. The Kier molecular flexibility index (Phi) is 4.74. The second-order valence-corrected chi connectivity index (χ2v) is 6.63. The first-order valence-corrected chi connectivity index (χ1v) is 8.42. The van der Waals surface area contributed by atoms with Gasteiger partial charge in [-0.05, 0) is 49.2 Å². The Morgan fingerprint density at radius 3 is 2.48 bits per heavy atom. The van der Waals surface area contributed by atoms with E-state index in [1.165, 1.54) is 10.5 Å². The Bertz CT molecular complexity index is 784. The average Bonchev–Trinajstić information content (AvgIpc) is 2.90. The molecule has 0 saturated heterocycles. The van der Waals surface area contributed by atoms with Gasteiger partial charge in [0.25, 0.3) is 5.91 Å². The summed E-state index contributed by atoms with van der Waals surface area (Å²) in [4.78, 5) is 28.0. The van der Waals surface area contributed by atoms with E-state index >= 15 is 0 Å². The van der Waals surface area contributed by atoms with Crippen LogP contribution in [0, 0.1) is 0 Å². The number of amides is 2. The molecule has 5 nitrogen and oxygen atoms in total. The van der Waals surface area contributed by atoms with Crippen LogP contribution in [0.4, 0.5) is 11.4 Å². The number of rotatable bonds is 4. The van der Waals surface area contributed by atoms with Crippen molar-refractivity contribution >= 4 is 23.2 Å². The first-order chi connectivity index (χ1) is 12.0. The number of fused-ring (bicyclic) bond motifs is 1. The summed E-state index contributed by atoms with van der Waals surface area (Å²) in [6, 6.07) is 15.5. The van der Waals surface area contributed by atoms with E-state index in [-0.39, 0.29) is 11.8 Å². The molecule has 0 unspecified atom stereocenters. The van der Waals surface area contributed by atoms with E-state index in [1.807, 2.05) is 12.1 Å². The maximum Gasteiger partial charge on any atom is 0.253 e. The summed E-state index contributed by atoms with van der Waals surface area (Å²) in [6.07, 6.45) is 0.963. The summed E-state index contributed by atoms with van der Waals surface area (Å²) < 4.78 is 0. The molecular formula is C20H23N3O2. The van der Waals surface area contributed by atoms with Gasteiger partial charge in [0.15, 0.2) is 0 Å². The van der Waals surface area contributed by atoms with Crippen molar-refractivity contribution < 1.29 is 9.59 Å². The van der Waals surface area contributed by atoms with Crippen LogP contribution in [0.3, 0.4) is 0 Å². The van der Waals surface area contributed by atoms with Gasteiger partial charge in [-0.1, -0.05) is 18.2 Å². The van der Waals surface area contributed by atoms with Gasteiger partial charge in [-0.25, -0.2) is 0 Å². The lowest BCUT2D eigenvalue weighted by Gasteiger charge is -2.24. The Hall–Kier alpha value is -2.82. The average molecular weight is 337 g/mol. The van der Waals surface area contributed by atoms with Crippen LogP contribution >= 0.6 is 0 Å². The third-order valence-electron chi connectivity index (χ3n) is 4.48. The predicted molar refractivity (Wildman–Crippen MR) is 100 cm³/mol. The molecule has 0 bridgehead atoms. The molecule has 1 aliphatic rings. The monoisotopic (exact) mass is 337 g/mol. The smallest absolute Gasteiger partial charge is 0.253 e. The van der Waals surface area contributed by atoms with Gasteiger partial charge >= 0.3 is 0 Å². The number of benzene rings is 2. The van der Waals surface area contributed by atoms with Crippen molar-refractivity contribution in [2.75, 3.05) is 30.9 Å². The number of hydrogen-bond donors (Lipinski definition) is 1. The molecule has 25 heavy (non-hydrogen) atoms. The van der Waals surface area contributed by atoms with Gasteiger partial charge in [-0.15, -0.1) is 0 Å². The summed E-state index contributed by atoms with van der Waals surface area (Å²) in [7, 11) is 3.43. The molecule has 3 rings (SSSR count). The SMILES string of the molecule is C[C@@H]1Cc2ccccc2N1CC(=O)Nc1ccc(C(=O)N(C)C)cc1. The number of nitrogens with one attached hydrogen (secondary N) is 1. The van der Waals surface area contributed by atoms with E-state index < -0.39 is 0 Å². The zero-order valence-electron chi connectivity index (χ0n) is 14.8. The van der Waals surface area contributed by atoms with Gasteiger partial charge in [0.2, 0.25) is 5.91 Å². The van der Waals surface area contributed by atoms with Crippen LogP contribution in [0.15, 0.2) is 48.5 Å². The van der Waals surface area contributed by atoms with Crippen LogP contribution in [-0.4, -0.2) is 43.4 Å². The summed E-state index contributed by atoms with van der Waals surface area (Å²) in [5.41, 5.74) is 3.72. The summed E-state index contributed by atoms with van der Waals surface area (Å²) in [5, 5.41) is 2.91. The van der Waals surface area contributed by atoms with Crippen LogP contribution in [0.2, 0.25) is 0 Å². The summed E-state index contributed by atoms with van der Waals surface area (Å²) in [5.74, 6) is -0.115. The molecule has 0 fully saturated rings. The van der Waals surface area contributed by atoms with Gasteiger partial charge in [0.1, 0.15) is 0 Å². The molecule has 130 valence electrons. The van der Waals surface area contributed by atoms with Crippen LogP contribution in [-0.2, 0) is 11.2 Å². The summed E-state index contributed by atoms with van der Waals surface area (Å²) in [6.45, 7) is 2.45. The fourth-order valence-electron chi connectivity index (χ4n) is 3.18. The van der Waals surface area contributed by atoms with Crippen LogP contribution in [0.5, 0.6) is 0 Å². The quantitative estimate of drug-likeness (QED) is 0.933. The standard InChI is InChI=1S/C20H23N3O2/c1-14-12-16-6-4-5-7-18(16)23(14)13-19(24)21-17-10-8-15(9-11-17)20(25)22(2)3/h4-11,14H,12-13H2,1-3H3,(H,21,24)/t14-/m1/s1. The number of nitrogens with zero attached hydrogens (tertiary/aromatic N) is 2. The van der Waals surface area contributed by atoms with E-state index in [0.29, 0.717) is 23.8 Å². The number of anilines is 2. The molecule has 0 saturated carbocycles. The molecule has 1 atom stereocenters. The molecule has 2 aromatic carbocycles. The lowest BCUT2D eigenvalue weighted by Crippen LogP contribution is -2.37. The predicted octanol–water partition coefficient (Wildman–Crippen LogP) is 2.78. The molecule has 0 spiro atoms. The number of carbonyl (C=O) groups is 2. The van der Waals surface area contributed by atoms with Gasteiger partial charge in [-0.2, -0.15) is 0 Å². The number of carbonyl (C=O) groups excluding carboxylic acids is 2. The van der Waals surface area contributed by atoms with E-state index in [4.69, 9.17) is 0 Å². The third kappa shape index (κ3) is 3.65. The maximum absolute atomic E-state index is 12.4. The zero-order chi connectivity index (χ0) is 18.0. The van der Waals surface area contributed by atoms with Crippen molar-refractivity contribution in [3.8, 4) is 0 Å². The first kappa shape index (κ1) is 17.0. The number of hydrogen-bond acceptors (Lipinski definition) is 3. The second-order valence-electron chi connectivity index (χ2n) is 6.63. The molecule has 0 radical (unpaired) electrons. The van der Waals surface area contributed by atoms with Crippen LogP contribution in [0.1, 0.15) is 22.8 Å². The van der Waals surface area contributed by atoms with E-state index in [1.54, 1.807) is 38.4 Å². The maximum atomic E-state index is 12.4. The molecule has 0 aromatic heterocycles. The fraction of sp³-hybridized carbons (Fsp3) is 0.300. The van der Waals surface area contributed by atoms with Gasteiger partial charge in [-0.3, -0.25) is 9.59 Å². The molecule has 2 aromatic rings. The Morgan fingerprint density at radius 1 is 1.12 bits per heavy atom. The minimum absolute atomic E-state index is 0.0552. The first-order valence-electron chi connectivity index (χ1n) is 8.42. The highest BCUT2D eigenvalue weighted by molar-refractivity contribution is 5.96. The van der Waals surface area contributed by atoms with Crippen molar-refractivity contribution in [2.45, 2.75) is 19.4 Å². The molecule has 1 heterocycles. The molecular weight excluding hydrogens is 314 g/mol. The minimum atomic E-state index is -0.0600. The van der Waals surface area contributed by atoms with Gasteiger partial charge in [0.05, 0.1) is 6.54 Å². The highest BCUT2D eigenvalue weighted by atomic mass is 16.2. The van der Waals surface area contributed by atoms with Crippen molar-refractivity contribution in [3.05, 3.63) is 59.7 Å². The Balaban J connectivity index is 1.64. The third-order valence-corrected chi connectivity index (χ3v) is 4.48. The largest absolute Gasteiger partial charge is 0.359 e. The van der Waals surface area contributed by atoms with Crippen molar-refractivity contribution in [2.24, 2.45) is 0 Å². The topological polar surface area (TPSA) is 52.7 Å². The highest BCUT2D eigenvalue weighted by Gasteiger charge is 2.26. The van der Waals surface area contributed by atoms with Crippen LogP contribution < -0.4 is 10.2 Å². The second kappa shape index (κ2) is 6.97. The number of para-hydroxylation sites is 1. The highest BCUT2D eigenvalue weighted by Crippen LogP contribution is 2.31. The minimum Gasteiger partial charge on any atom is -0.359 e. The van der Waals surface area contributed by atoms with E-state index in [0.717, 1.165) is 12.1 Å². The summed E-state index contributed by atoms with van der Waals surface area (Å²) >= 11 is 0. The zero-order valence-corrected chi connectivity index (χ0v) is 14.8.